The fourth-order valence-corrected chi connectivity index (χ4v) is 7.48. The molecule has 0 bridgehead atoms. The van der Waals surface area contributed by atoms with Gasteiger partial charge >= 0.3 is 0 Å². The van der Waals surface area contributed by atoms with Crippen molar-refractivity contribution in [2.75, 3.05) is 0 Å². The van der Waals surface area contributed by atoms with Gasteiger partial charge in [0.25, 0.3) is 0 Å². The average molecular weight is 628 g/mol. The van der Waals surface area contributed by atoms with E-state index in [9.17, 15) is 0 Å². The molecule has 2 aliphatic carbocycles. The van der Waals surface area contributed by atoms with Crippen molar-refractivity contribution in [1.82, 2.24) is 15.0 Å². The van der Waals surface area contributed by atoms with E-state index in [2.05, 4.69) is 134 Å². The number of nitrogens with zero attached hydrogens (tertiary/aromatic N) is 3. The zero-order valence-electron chi connectivity index (χ0n) is 26.5. The molecule has 2 unspecified atom stereocenters. The van der Waals surface area contributed by atoms with Crippen LogP contribution in [-0.2, 0) is 0 Å². The third-order valence-corrected chi connectivity index (χ3v) is 9.87. The Labute approximate surface area is 283 Å². The maximum Gasteiger partial charge on any atom is 0.165 e. The molecule has 49 heavy (non-hydrogen) atoms. The smallest absolute Gasteiger partial charge is 0.165 e. The van der Waals surface area contributed by atoms with E-state index in [4.69, 9.17) is 19.4 Å². The van der Waals surface area contributed by atoms with Crippen molar-refractivity contribution in [1.29, 1.82) is 0 Å². The highest BCUT2D eigenvalue weighted by Gasteiger charge is 2.25. The summed E-state index contributed by atoms with van der Waals surface area (Å²) < 4.78 is 6.42. The van der Waals surface area contributed by atoms with Gasteiger partial charge in [-0.05, 0) is 63.4 Å². The van der Waals surface area contributed by atoms with Gasteiger partial charge in [0.1, 0.15) is 11.2 Å². The van der Waals surface area contributed by atoms with Crippen molar-refractivity contribution < 1.29 is 4.42 Å². The highest BCUT2D eigenvalue weighted by atomic mass is 16.3. The topological polar surface area (TPSA) is 51.8 Å². The Balaban J connectivity index is 1.24. The van der Waals surface area contributed by atoms with Crippen LogP contribution >= 0.6 is 0 Å². The van der Waals surface area contributed by atoms with E-state index in [1.54, 1.807) is 0 Å². The SMILES string of the molecule is C1=CC2C=Cc3cc(-c4nc(-c5ccccc5)nc(-c5c(-c6ccc7ccccc7c6)ccc6oc7ccccc7c56)n4)ccc3C2C=C1. The minimum absolute atomic E-state index is 0.337. The normalized spacial score (nSPS) is 16.3. The minimum atomic E-state index is 0.337. The summed E-state index contributed by atoms with van der Waals surface area (Å²) >= 11 is 0. The van der Waals surface area contributed by atoms with Crippen LogP contribution in [0, 0.1) is 5.92 Å². The highest BCUT2D eigenvalue weighted by molar-refractivity contribution is 6.15. The van der Waals surface area contributed by atoms with Crippen LogP contribution in [0.4, 0.5) is 0 Å². The number of rotatable bonds is 4. The molecule has 0 spiro atoms. The molecule has 4 nitrogen and oxygen atoms in total. The molecule has 4 heteroatoms. The van der Waals surface area contributed by atoms with Gasteiger partial charge in [-0.15, -0.1) is 0 Å². The summed E-state index contributed by atoms with van der Waals surface area (Å²) in [5, 5.41) is 4.40. The van der Waals surface area contributed by atoms with E-state index < -0.39 is 0 Å². The maximum atomic E-state index is 6.42. The second-order valence-electron chi connectivity index (χ2n) is 12.8. The molecule has 2 heterocycles. The molecular formula is C45H29N3O. The molecule has 0 saturated carbocycles. The molecular weight excluding hydrogens is 599 g/mol. The Morgan fingerprint density at radius 3 is 2.18 bits per heavy atom. The summed E-state index contributed by atoms with van der Waals surface area (Å²) in [6.07, 6.45) is 13.4. The summed E-state index contributed by atoms with van der Waals surface area (Å²) in [5.74, 6) is 2.59. The van der Waals surface area contributed by atoms with E-state index in [1.165, 1.54) is 21.9 Å². The summed E-state index contributed by atoms with van der Waals surface area (Å²) in [7, 11) is 0. The van der Waals surface area contributed by atoms with Gasteiger partial charge in [0.15, 0.2) is 17.5 Å². The van der Waals surface area contributed by atoms with Crippen molar-refractivity contribution in [2.24, 2.45) is 5.92 Å². The van der Waals surface area contributed by atoms with Gasteiger partial charge in [0.2, 0.25) is 0 Å². The van der Waals surface area contributed by atoms with Crippen LogP contribution in [0.5, 0.6) is 0 Å². The highest BCUT2D eigenvalue weighted by Crippen LogP contribution is 2.44. The van der Waals surface area contributed by atoms with E-state index in [-0.39, 0.29) is 0 Å². The van der Waals surface area contributed by atoms with Crippen LogP contribution in [0.3, 0.4) is 0 Å². The van der Waals surface area contributed by atoms with Crippen molar-refractivity contribution in [3.63, 3.8) is 0 Å². The summed E-state index contributed by atoms with van der Waals surface area (Å²) in [4.78, 5) is 15.6. The van der Waals surface area contributed by atoms with E-state index >= 15 is 0 Å². The maximum absolute atomic E-state index is 6.42. The Kier molecular flexibility index (Phi) is 6.28. The van der Waals surface area contributed by atoms with Gasteiger partial charge in [-0.1, -0.05) is 134 Å². The molecule has 0 radical (unpaired) electrons. The Bertz CT molecular complexity index is 2680. The van der Waals surface area contributed by atoms with Gasteiger partial charge in [-0.3, -0.25) is 0 Å². The second kappa shape index (κ2) is 11.1. The number of para-hydroxylation sites is 1. The molecule has 230 valence electrons. The van der Waals surface area contributed by atoms with Crippen molar-refractivity contribution in [2.45, 2.75) is 5.92 Å². The zero-order chi connectivity index (χ0) is 32.3. The summed E-state index contributed by atoms with van der Waals surface area (Å²) in [6.45, 7) is 0. The average Bonchev–Trinajstić information content (AvgIpc) is 3.56. The van der Waals surface area contributed by atoms with Crippen molar-refractivity contribution in [3.05, 3.63) is 169 Å². The van der Waals surface area contributed by atoms with Crippen LogP contribution in [0.25, 0.3) is 84.1 Å². The predicted molar refractivity (Wildman–Crippen MR) is 200 cm³/mol. The third kappa shape index (κ3) is 4.64. The Morgan fingerprint density at radius 1 is 0.510 bits per heavy atom. The first-order valence-electron chi connectivity index (χ1n) is 16.7. The largest absolute Gasteiger partial charge is 0.456 e. The molecule has 2 aromatic heterocycles. The van der Waals surface area contributed by atoms with Crippen molar-refractivity contribution >= 4 is 38.8 Å². The lowest BCUT2D eigenvalue weighted by molar-refractivity contribution is 0.669. The first-order chi connectivity index (χ1) is 24.3. The molecule has 10 rings (SSSR count). The fraction of sp³-hybridized carbons (Fsp3) is 0.0444. The standard InChI is InChI=1S/C45H29N3O/c1-2-12-30(13-3-1)43-46-44(34-22-23-36-32(27-34)21-19-29-11-6-7-15-35(29)36)48-45(47-43)42-37(33-20-18-28-10-4-5-14-31(28)26-33)24-25-40-41(42)38-16-8-9-17-39(38)49-40/h1-27,29,35H. The lowest BCUT2D eigenvalue weighted by Crippen LogP contribution is -2.13. The molecule has 2 aliphatic rings. The third-order valence-electron chi connectivity index (χ3n) is 9.87. The lowest BCUT2D eigenvalue weighted by atomic mass is 9.77. The number of furan rings is 1. The second-order valence-corrected chi connectivity index (χ2v) is 12.8. The van der Waals surface area contributed by atoms with Gasteiger partial charge in [0.05, 0.1) is 0 Å². The first kappa shape index (κ1) is 27.7. The molecule has 0 N–H and O–H groups in total. The minimum Gasteiger partial charge on any atom is -0.456 e. The number of hydrogen-bond acceptors (Lipinski definition) is 4. The van der Waals surface area contributed by atoms with Crippen molar-refractivity contribution in [3.8, 4) is 45.3 Å². The Hall–Kier alpha value is -6.39. The first-order valence-corrected chi connectivity index (χ1v) is 16.7. The lowest BCUT2D eigenvalue weighted by Gasteiger charge is -2.27. The van der Waals surface area contributed by atoms with Gasteiger partial charge in [-0.25, -0.2) is 15.0 Å². The quantitative estimate of drug-likeness (QED) is 0.195. The van der Waals surface area contributed by atoms with Gasteiger partial charge in [-0.2, -0.15) is 0 Å². The molecule has 6 aromatic carbocycles. The predicted octanol–water partition coefficient (Wildman–Crippen LogP) is 11.4. The Morgan fingerprint density at radius 2 is 1.27 bits per heavy atom. The zero-order valence-corrected chi connectivity index (χ0v) is 26.5. The van der Waals surface area contributed by atoms with E-state index in [0.717, 1.165) is 49.8 Å². The van der Waals surface area contributed by atoms with Crippen LogP contribution in [0.2, 0.25) is 0 Å². The van der Waals surface area contributed by atoms with Crippen LogP contribution in [0.15, 0.2) is 162 Å². The molecule has 8 aromatic rings. The fourth-order valence-electron chi connectivity index (χ4n) is 7.48. The number of fused-ring (bicyclic) bond motifs is 7. The molecule has 0 fully saturated rings. The van der Waals surface area contributed by atoms with E-state index in [0.29, 0.717) is 29.3 Å². The molecule has 0 aliphatic heterocycles. The van der Waals surface area contributed by atoms with Gasteiger partial charge < -0.3 is 4.42 Å². The van der Waals surface area contributed by atoms with Crippen LogP contribution in [-0.4, -0.2) is 15.0 Å². The number of hydrogen-bond donors (Lipinski definition) is 0. The van der Waals surface area contributed by atoms with E-state index in [1.807, 2.05) is 30.3 Å². The molecule has 0 saturated heterocycles. The molecule has 2 atom stereocenters. The number of aromatic nitrogens is 3. The van der Waals surface area contributed by atoms with Gasteiger partial charge in [0, 0.05) is 39.3 Å². The number of allylic oxidation sites excluding steroid dienone is 5. The van der Waals surface area contributed by atoms with Crippen LogP contribution in [0.1, 0.15) is 17.0 Å². The molecule has 0 amide bonds. The number of benzene rings is 6. The van der Waals surface area contributed by atoms with Crippen LogP contribution < -0.4 is 0 Å². The summed E-state index contributed by atoms with van der Waals surface area (Å²) in [5.41, 5.74) is 9.09. The summed E-state index contributed by atoms with van der Waals surface area (Å²) in [6, 6.07) is 44.3. The monoisotopic (exact) mass is 627 g/mol.